The van der Waals surface area contributed by atoms with E-state index in [4.69, 9.17) is 11.5 Å². The topological polar surface area (TPSA) is 90.0 Å². The van der Waals surface area contributed by atoms with Crippen LogP contribution >= 0.6 is 0 Å². The number of rotatable bonds is 4. The summed E-state index contributed by atoms with van der Waals surface area (Å²) in [6.45, 7) is -0.139. The lowest BCUT2D eigenvalue weighted by molar-refractivity contribution is -0.137. The monoisotopic (exact) mass is 281 g/mol. The summed E-state index contributed by atoms with van der Waals surface area (Å²) in [4.78, 5) is 37.4. The molecule has 1 rings (SSSR count). The Balaban J connectivity index is 2.86. The van der Waals surface area contributed by atoms with E-state index < -0.39 is 24.6 Å². The number of nitrogens with one attached hydrogen (secondary N) is 1. The number of aliphatic carboxylic acids is 1. The van der Waals surface area contributed by atoms with Crippen molar-refractivity contribution in [3.8, 4) is 12.3 Å². The first-order valence-electron chi connectivity index (χ1n) is 6.43. The van der Waals surface area contributed by atoms with Crippen molar-refractivity contribution in [1.82, 2.24) is 15.1 Å². The first kappa shape index (κ1) is 15.8. The minimum atomic E-state index is -1.14. The molecule has 0 aromatic heterocycles. The number of hydrogen-bond donors (Lipinski definition) is 2. The van der Waals surface area contributed by atoms with E-state index in [1.165, 1.54) is 11.9 Å². The molecule has 2 N–H and O–H groups in total. The molecule has 7 heteroatoms. The fourth-order valence-corrected chi connectivity index (χ4v) is 2.25. The van der Waals surface area contributed by atoms with Gasteiger partial charge in [-0.15, -0.1) is 6.42 Å². The minimum Gasteiger partial charge on any atom is -0.480 e. The molecule has 1 atom stereocenters. The maximum Gasteiger partial charge on any atom is 0.323 e. The molecule has 1 fully saturated rings. The number of carbonyl (C=O) groups excluding carboxylic acids is 2. The molecule has 0 aromatic carbocycles. The second-order valence-electron chi connectivity index (χ2n) is 4.56. The molecule has 1 aliphatic heterocycles. The molecular formula is C13H19N3O4. The van der Waals surface area contributed by atoms with E-state index in [1.54, 1.807) is 0 Å². The average molecular weight is 281 g/mol. The third-order valence-corrected chi connectivity index (χ3v) is 3.18. The van der Waals surface area contributed by atoms with Crippen molar-refractivity contribution in [3.05, 3.63) is 0 Å². The van der Waals surface area contributed by atoms with Crippen LogP contribution < -0.4 is 5.32 Å². The number of nitrogens with zero attached hydrogens (tertiary/aromatic N) is 2. The fourth-order valence-electron chi connectivity index (χ4n) is 2.25. The zero-order chi connectivity index (χ0) is 15.1. The van der Waals surface area contributed by atoms with Crippen LogP contribution in [-0.4, -0.2) is 65.5 Å². The van der Waals surface area contributed by atoms with Crippen LogP contribution in [0.4, 0.5) is 4.79 Å². The predicted molar refractivity (Wildman–Crippen MR) is 71.8 cm³/mol. The van der Waals surface area contributed by atoms with Crippen molar-refractivity contribution >= 4 is 17.9 Å². The van der Waals surface area contributed by atoms with E-state index in [0.29, 0.717) is 13.0 Å². The smallest absolute Gasteiger partial charge is 0.323 e. The third kappa shape index (κ3) is 3.88. The van der Waals surface area contributed by atoms with Crippen molar-refractivity contribution in [2.24, 2.45) is 0 Å². The summed E-state index contributed by atoms with van der Waals surface area (Å²) >= 11 is 0. The summed E-state index contributed by atoms with van der Waals surface area (Å²) in [6, 6.07) is -1.06. The van der Waals surface area contributed by atoms with Gasteiger partial charge in [0.1, 0.15) is 12.6 Å². The Morgan fingerprint density at radius 3 is 2.70 bits per heavy atom. The minimum absolute atomic E-state index is 0.0951. The molecule has 1 unspecified atom stereocenters. The predicted octanol–water partition coefficient (Wildman–Crippen LogP) is -0.273. The van der Waals surface area contributed by atoms with Gasteiger partial charge in [-0.25, -0.2) is 4.79 Å². The molecule has 0 aliphatic carbocycles. The van der Waals surface area contributed by atoms with Crippen molar-refractivity contribution < 1.29 is 19.5 Å². The van der Waals surface area contributed by atoms with Gasteiger partial charge < -0.3 is 20.2 Å². The van der Waals surface area contributed by atoms with E-state index in [2.05, 4.69) is 11.2 Å². The van der Waals surface area contributed by atoms with E-state index in [-0.39, 0.29) is 12.5 Å². The molecule has 7 nitrogen and oxygen atoms in total. The highest BCUT2D eigenvalue weighted by Crippen LogP contribution is 2.19. The molecule has 1 aliphatic rings. The van der Waals surface area contributed by atoms with Crippen LogP contribution in [0.3, 0.4) is 0 Å². The van der Waals surface area contributed by atoms with Gasteiger partial charge in [-0.2, -0.15) is 0 Å². The van der Waals surface area contributed by atoms with Crippen molar-refractivity contribution in [2.75, 3.05) is 26.7 Å². The number of amides is 3. The van der Waals surface area contributed by atoms with Crippen molar-refractivity contribution in [3.63, 3.8) is 0 Å². The van der Waals surface area contributed by atoms with Gasteiger partial charge >= 0.3 is 12.0 Å². The highest BCUT2D eigenvalue weighted by Gasteiger charge is 2.34. The summed E-state index contributed by atoms with van der Waals surface area (Å²) in [5.74, 6) is 0.887. The molecular weight excluding hydrogens is 262 g/mol. The van der Waals surface area contributed by atoms with E-state index >= 15 is 0 Å². The van der Waals surface area contributed by atoms with Crippen LogP contribution in [0.2, 0.25) is 0 Å². The van der Waals surface area contributed by atoms with Crippen molar-refractivity contribution in [1.29, 1.82) is 0 Å². The number of hydrogen-bond acceptors (Lipinski definition) is 3. The number of carboxylic acids is 1. The second-order valence-corrected chi connectivity index (χ2v) is 4.56. The fraction of sp³-hybridized carbons (Fsp3) is 0.615. The van der Waals surface area contributed by atoms with Crippen molar-refractivity contribution in [2.45, 2.75) is 25.3 Å². The van der Waals surface area contributed by atoms with Crippen LogP contribution in [0.1, 0.15) is 19.3 Å². The molecule has 110 valence electrons. The third-order valence-electron chi connectivity index (χ3n) is 3.18. The lowest BCUT2D eigenvalue weighted by Gasteiger charge is -2.37. The first-order valence-corrected chi connectivity index (χ1v) is 6.43. The summed E-state index contributed by atoms with van der Waals surface area (Å²) in [6.07, 6.45) is 7.38. The molecule has 0 bridgehead atoms. The van der Waals surface area contributed by atoms with E-state index in [0.717, 1.165) is 17.7 Å². The van der Waals surface area contributed by atoms with Crippen LogP contribution in [-0.2, 0) is 9.59 Å². The van der Waals surface area contributed by atoms with Crippen LogP contribution in [0, 0.1) is 12.3 Å². The Bertz CT molecular complexity index is 430. The number of likely N-dealkylation sites (tertiary alicyclic amines) is 1. The van der Waals surface area contributed by atoms with E-state index in [9.17, 15) is 14.4 Å². The van der Waals surface area contributed by atoms with Gasteiger partial charge in [0.2, 0.25) is 5.91 Å². The quantitative estimate of drug-likeness (QED) is 0.694. The van der Waals surface area contributed by atoms with Gasteiger partial charge in [0.05, 0.1) is 6.54 Å². The van der Waals surface area contributed by atoms with E-state index in [1.807, 2.05) is 0 Å². The molecule has 0 saturated carbocycles. The van der Waals surface area contributed by atoms with Gasteiger partial charge in [0.25, 0.3) is 0 Å². The van der Waals surface area contributed by atoms with Gasteiger partial charge in [-0.05, 0) is 19.3 Å². The number of carboxylic acid groups (broad SMARTS) is 1. The molecule has 20 heavy (non-hydrogen) atoms. The number of carbonyl (C=O) groups is 3. The number of urea groups is 1. The molecule has 1 saturated heterocycles. The normalized spacial score (nSPS) is 18.0. The Morgan fingerprint density at radius 1 is 1.45 bits per heavy atom. The summed E-state index contributed by atoms with van der Waals surface area (Å²) < 4.78 is 0. The first-order chi connectivity index (χ1) is 9.51. The maximum atomic E-state index is 12.4. The lowest BCUT2D eigenvalue weighted by Crippen LogP contribution is -2.56. The Labute approximate surface area is 117 Å². The van der Waals surface area contributed by atoms with Gasteiger partial charge in [0.15, 0.2) is 0 Å². The Morgan fingerprint density at radius 2 is 2.15 bits per heavy atom. The maximum absolute atomic E-state index is 12.4. The van der Waals surface area contributed by atoms with Gasteiger partial charge in [-0.3, -0.25) is 9.59 Å². The lowest BCUT2D eigenvalue weighted by atomic mass is 10.0. The molecule has 3 amide bonds. The number of likely N-dealkylation sites (N-methyl/N-ethyl adjacent to an activating group) is 1. The molecule has 1 heterocycles. The number of piperidine rings is 1. The summed E-state index contributed by atoms with van der Waals surface area (Å²) in [5, 5.41) is 11.3. The molecule has 0 spiro atoms. The Kier molecular flexibility index (Phi) is 5.84. The highest BCUT2D eigenvalue weighted by molar-refractivity contribution is 5.88. The molecule has 0 radical (unpaired) electrons. The average Bonchev–Trinajstić information content (AvgIpc) is 2.44. The number of terminal acetylenes is 1. The SMILES string of the molecule is C#CCN(CC(=O)O)C(=O)N1CCCCC1C(=O)NC. The van der Waals surface area contributed by atoms with Gasteiger partial charge in [-0.1, -0.05) is 5.92 Å². The zero-order valence-electron chi connectivity index (χ0n) is 11.5. The summed E-state index contributed by atoms with van der Waals surface area (Å²) in [5.41, 5.74) is 0. The largest absolute Gasteiger partial charge is 0.480 e. The van der Waals surface area contributed by atoms with Crippen LogP contribution in [0.25, 0.3) is 0 Å². The van der Waals surface area contributed by atoms with Crippen LogP contribution in [0.5, 0.6) is 0 Å². The Hall–Kier alpha value is -2.23. The summed E-state index contributed by atoms with van der Waals surface area (Å²) in [7, 11) is 1.51. The van der Waals surface area contributed by atoms with Gasteiger partial charge in [0, 0.05) is 13.6 Å². The van der Waals surface area contributed by atoms with Crippen LogP contribution in [0.15, 0.2) is 0 Å². The second kappa shape index (κ2) is 7.38. The molecule has 0 aromatic rings. The standard InChI is InChI=1S/C13H19N3O4/c1-3-7-15(9-11(17)18)13(20)16-8-5-4-6-10(16)12(19)14-2/h1,10H,4-9H2,2H3,(H,14,19)(H,17,18). The zero-order valence-corrected chi connectivity index (χ0v) is 11.5. The highest BCUT2D eigenvalue weighted by atomic mass is 16.4.